The zero-order chi connectivity index (χ0) is 11.4. The van der Waals surface area contributed by atoms with Gasteiger partial charge in [0.1, 0.15) is 0 Å². The average Bonchev–Trinajstić information content (AvgIpc) is 3.11. The van der Waals surface area contributed by atoms with Crippen LogP contribution < -0.4 is 5.73 Å². The van der Waals surface area contributed by atoms with E-state index < -0.39 is 0 Å². The Hall–Kier alpha value is -0.770. The molecule has 2 N–H and O–H groups in total. The van der Waals surface area contributed by atoms with Crippen molar-refractivity contribution in [2.24, 2.45) is 16.6 Å². The van der Waals surface area contributed by atoms with Gasteiger partial charge in [0.15, 0.2) is 0 Å². The van der Waals surface area contributed by atoms with Gasteiger partial charge in [0.25, 0.3) is 6.02 Å². The molecule has 0 atom stereocenters. The molecule has 0 aromatic carbocycles. The summed E-state index contributed by atoms with van der Waals surface area (Å²) in [5.41, 5.74) is 5.60. The maximum Gasteiger partial charge on any atom is 0.281 e. The lowest BCUT2D eigenvalue weighted by Gasteiger charge is -2.31. The third kappa shape index (κ3) is 3.37. The Morgan fingerprint density at radius 2 is 2.00 bits per heavy atom. The van der Waals surface area contributed by atoms with Gasteiger partial charge in [-0.05, 0) is 51.6 Å². The molecule has 4 heteroatoms. The Labute approximate surface area is 97.9 Å². The van der Waals surface area contributed by atoms with Gasteiger partial charge in [-0.3, -0.25) is 0 Å². The number of rotatable bonds is 4. The highest BCUT2D eigenvalue weighted by atomic mass is 16.5. The number of nitrogens with two attached hydrogens (primary N) is 1. The molecular formula is C12H23N3O. The lowest BCUT2D eigenvalue weighted by atomic mass is 9.98. The molecule has 2 rings (SSSR count). The van der Waals surface area contributed by atoms with Crippen molar-refractivity contribution in [3.63, 3.8) is 0 Å². The molecule has 92 valence electrons. The van der Waals surface area contributed by atoms with E-state index in [2.05, 4.69) is 9.89 Å². The smallest absolute Gasteiger partial charge is 0.281 e. The van der Waals surface area contributed by atoms with Crippen molar-refractivity contribution in [1.29, 1.82) is 0 Å². The highest BCUT2D eigenvalue weighted by molar-refractivity contribution is 5.71. The topological polar surface area (TPSA) is 50.9 Å². The summed E-state index contributed by atoms with van der Waals surface area (Å²) in [6.07, 6.45) is 5.32. The van der Waals surface area contributed by atoms with Crippen LogP contribution in [0.4, 0.5) is 0 Å². The number of ether oxygens (including phenoxy) is 1. The lowest BCUT2D eigenvalue weighted by molar-refractivity contribution is 0.130. The van der Waals surface area contributed by atoms with Gasteiger partial charge in [0, 0.05) is 12.6 Å². The van der Waals surface area contributed by atoms with E-state index in [1.165, 1.54) is 38.8 Å². The minimum atomic E-state index is 0.354. The molecule has 0 amide bonds. The molecule has 2 fully saturated rings. The van der Waals surface area contributed by atoms with E-state index in [-0.39, 0.29) is 0 Å². The van der Waals surface area contributed by atoms with Crippen LogP contribution >= 0.6 is 0 Å². The van der Waals surface area contributed by atoms with Crippen molar-refractivity contribution in [2.45, 2.75) is 38.6 Å². The predicted octanol–water partition coefficient (Wildman–Crippen LogP) is 1.21. The second kappa shape index (κ2) is 5.53. The number of nitrogens with zero attached hydrogens (tertiary/aromatic N) is 2. The van der Waals surface area contributed by atoms with Gasteiger partial charge >= 0.3 is 0 Å². The minimum Gasteiger partial charge on any atom is -0.465 e. The molecule has 0 aromatic heterocycles. The summed E-state index contributed by atoms with van der Waals surface area (Å²) >= 11 is 0. The monoisotopic (exact) mass is 225 g/mol. The zero-order valence-electron chi connectivity index (χ0n) is 10.2. The molecular weight excluding hydrogens is 202 g/mol. The minimum absolute atomic E-state index is 0.354. The van der Waals surface area contributed by atoms with Gasteiger partial charge in [0.2, 0.25) is 0 Å². The van der Waals surface area contributed by atoms with Crippen LogP contribution in [-0.4, -0.2) is 43.2 Å². The maximum absolute atomic E-state index is 5.60. The first-order chi connectivity index (χ1) is 7.79. The van der Waals surface area contributed by atoms with Gasteiger partial charge in [-0.25, -0.2) is 4.99 Å². The molecule has 2 aliphatic rings. The molecule has 0 aromatic rings. The Morgan fingerprint density at radius 1 is 1.31 bits per heavy atom. The van der Waals surface area contributed by atoms with E-state index in [1.54, 1.807) is 0 Å². The summed E-state index contributed by atoms with van der Waals surface area (Å²) < 4.78 is 5.44. The highest BCUT2D eigenvalue weighted by Crippen LogP contribution is 2.30. The fourth-order valence-electron chi connectivity index (χ4n) is 2.33. The SMILES string of the molecule is CC/N=C(\N)OCC1CCN(C2CC2)CC1. The quantitative estimate of drug-likeness (QED) is 0.578. The fourth-order valence-corrected chi connectivity index (χ4v) is 2.33. The Bertz CT molecular complexity index is 243. The van der Waals surface area contributed by atoms with E-state index in [4.69, 9.17) is 10.5 Å². The van der Waals surface area contributed by atoms with Crippen molar-refractivity contribution in [3.05, 3.63) is 0 Å². The van der Waals surface area contributed by atoms with Gasteiger partial charge < -0.3 is 15.4 Å². The van der Waals surface area contributed by atoms with Crippen molar-refractivity contribution in [3.8, 4) is 0 Å². The summed E-state index contributed by atoms with van der Waals surface area (Å²) in [6.45, 7) is 5.89. The molecule has 1 saturated carbocycles. The molecule has 4 nitrogen and oxygen atoms in total. The van der Waals surface area contributed by atoms with Crippen LogP contribution in [0.3, 0.4) is 0 Å². The molecule has 0 radical (unpaired) electrons. The van der Waals surface area contributed by atoms with Crippen LogP contribution in [0, 0.1) is 5.92 Å². The third-order valence-electron chi connectivity index (χ3n) is 3.49. The van der Waals surface area contributed by atoms with E-state index in [1.807, 2.05) is 6.92 Å². The number of likely N-dealkylation sites (tertiary alicyclic amines) is 1. The number of hydrogen-bond acceptors (Lipinski definition) is 3. The van der Waals surface area contributed by atoms with Crippen molar-refractivity contribution < 1.29 is 4.74 Å². The zero-order valence-corrected chi connectivity index (χ0v) is 10.2. The highest BCUT2D eigenvalue weighted by Gasteiger charge is 2.31. The first-order valence-electron chi connectivity index (χ1n) is 6.46. The van der Waals surface area contributed by atoms with E-state index in [9.17, 15) is 0 Å². The van der Waals surface area contributed by atoms with E-state index in [0.29, 0.717) is 18.5 Å². The summed E-state index contributed by atoms with van der Waals surface area (Å²) in [5, 5.41) is 0. The third-order valence-corrected chi connectivity index (χ3v) is 3.49. The normalized spacial score (nSPS) is 24.7. The molecule has 0 unspecified atom stereocenters. The predicted molar refractivity (Wildman–Crippen MR) is 65.4 cm³/mol. The van der Waals surface area contributed by atoms with Gasteiger partial charge in [-0.2, -0.15) is 0 Å². The van der Waals surface area contributed by atoms with Crippen molar-refractivity contribution in [2.75, 3.05) is 26.2 Å². The molecule has 0 bridgehead atoms. The number of piperidine rings is 1. The number of hydrogen-bond donors (Lipinski definition) is 1. The van der Waals surface area contributed by atoms with Crippen LogP contribution in [-0.2, 0) is 4.74 Å². The standard InChI is InChI=1S/C12H23N3O/c1-2-14-12(13)16-9-10-5-7-15(8-6-10)11-3-4-11/h10-11H,2-9H2,1H3,(H2,13,14). The summed E-state index contributed by atoms with van der Waals surface area (Å²) in [7, 11) is 0. The van der Waals surface area contributed by atoms with E-state index in [0.717, 1.165) is 12.6 Å². The Kier molecular flexibility index (Phi) is 4.04. The molecule has 1 aliphatic carbocycles. The summed E-state index contributed by atoms with van der Waals surface area (Å²) in [4.78, 5) is 6.65. The molecule has 0 spiro atoms. The summed E-state index contributed by atoms with van der Waals surface area (Å²) in [6, 6.07) is 1.26. The van der Waals surface area contributed by atoms with Crippen LogP contribution in [0.15, 0.2) is 4.99 Å². The van der Waals surface area contributed by atoms with Gasteiger partial charge in [0.05, 0.1) is 6.61 Å². The number of aliphatic imine (C=N–C) groups is 1. The van der Waals surface area contributed by atoms with Crippen LogP contribution in [0.5, 0.6) is 0 Å². The largest absolute Gasteiger partial charge is 0.465 e. The summed E-state index contributed by atoms with van der Waals surface area (Å²) in [5.74, 6) is 0.667. The molecule has 16 heavy (non-hydrogen) atoms. The second-order valence-corrected chi connectivity index (χ2v) is 4.83. The average molecular weight is 225 g/mol. The van der Waals surface area contributed by atoms with Crippen molar-refractivity contribution in [1.82, 2.24) is 4.90 Å². The van der Waals surface area contributed by atoms with Crippen LogP contribution in [0.2, 0.25) is 0 Å². The first-order valence-corrected chi connectivity index (χ1v) is 6.46. The van der Waals surface area contributed by atoms with Gasteiger partial charge in [-0.1, -0.05) is 0 Å². The number of amidine groups is 1. The van der Waals surface area contributed by atoms with Crippen LogP contribution in [0.25, 0.3) is 0 Å². The molecule has 1 saturated heterocycles. The van der Waals surface area contributed by atoms with Gasteiger partial charge in [-0.15, -0.1) is 0 Å². The second-order valence-electron chi connectivity index (χ2n) is 4.83. The van der Waals surface area contributed by atoms with Crippen molar-refractivity contribution >= 4 is 6.02 Å². The molecule has 1 aliphatic heterocycles. The lowest BCUT2D eigenvalue weighted by Crippen LogP contribution is -2.37. The van der Waals surface area contributed by atoms with E-state index >= 15 is 0 Å². The Morgan fingerprint density at radius 3 is 2.56 bits per heavy atom. The first kappa shape index (κ1) is 11.7. The maximum atomic E-state index is 5.60. The fraction of sp³-hybridized carbons (Fsp3) is 0.917. The Balaban J connectivity index is 1.63. The molecule has 1 heterocycles. The van der Waals surface area contributed by atoms with Crippen LogP contribution in [0.1, 0.15) is 32.6 Å².